The summed E-state index contributed by atoms with van der Waals surface area (Å²) in [5.74, 6) is 0.908. The molecule has 3 nitrogen and oxygen atoms in total. The van der Waals surface area contributed by atoms with Crippen molar-refractivity contribution in [3.8, 4) is 0 Å². The lowest BCUT2D eigenvalue weighted by atomic mass is 9.85. The van der Waals surface area contributed by atoms with Crippen molar-refractivity contribution in [1.29, 1.82) is 0 Å². The normalized spacial score (nSPS) is 11.8. The number of rotatable bonds is 1. The van der Waals surface area contributed by atoms with Gasteiger partial charge in [0.25, 0.3) is 0 Å². The van der Waals surface area contributed by atoms with E-state index < -0.39 is 0 Å². The van der Waals surface area contributed by atoms with Gasteiger partial charge in [-0.15, -0.1) is 0 Å². The summed E-state index contributed by atoms with van der Waals surface area (Å²) in [6, 6.07) is 2.00. The van der Waals surface area contributed by atoms with Crippen LogP contribution in [0.1, 0.15) is 26.3 Å². The van der Waals surface area contributed by atoms with Crippen LogP contribution in [0.5, 0.6) is 0 Å². The minimum absolute atomic E-state index is 0.0839. The summed E-state index contributed by atoms with van der Waals surface area (Å²) in [5, 5.41) is 5.41. The Morgan fingerprint density at radius 3 is 2.50 bits per heavy atom. The van der Waals surface area contributed by atoms with Crippen LogP contribution >= 0.6 is 0 Å². The molecule has 0 bridgehead atoms. The van der Waals surface area contributed by atoms with Gasteiger partial charge in [0.1, 0.15) is 5.82 Å². The fraction of sp³-hybridized carbons (Fsp3) is 0.385. The lowest BCUT2D eigenvalue weighted by molar-refractivity contribution is 0.593. The summed E-state index contributed by atoms with van der Waals surface area (Å²) in [5.41, 5.74) is 1.31. The molecule has 0 aliphatic carbocycles. The Balaban J connectivity index is 2.80. The summed E-state index contributed by atoms with van der Waals surface area (Å²) in [6.07, 6.45) is 5.66. The topological polar surface area (TPSA) is 37.8 Å². The molecule has 0 unspecified atom stereocenters. The van der Waals surface area contributed by atoms with E-state index in [1.807, 2.05) is 25.5 Å². The molecular formula is C13H17N3. The van der Waals surface area contributed by atoms with Gasteiger partial charge < -0.3 is 5.32 Å². The standard InChI is InChI=1S/C13H17N3/c1-13(2,3)11-8-16-12(14-4)9-5-6-15-7-10(9)11/h5-8H,1-4H3,(H,14,16). The van der Waals surface area contributed by atoms with E-state index in [9.17, 15) is 0 Å². The zero-order chi connectivity index (χ0) is 11.8. The van der Waals surface area contributed by atoms with Gasteiger partial charge in [-0.05, 0) is 17.0 Å². The molecule has 0 aromatic carbocycles. The quantitative estimate of drug-likeness (QED) is 0.794. The number of nitrogens with zero attached hydrogens (tertiary/aromatic N) is 2. The molecule has 0 amide bonds. The molecule has 2 heterocycles. The van der Waals surface area contributed by atoms with Crippen LogP contribution in [-0.4, -0.2) is 17.0 Å². The maximum Gasteiger partial charge on any atom is 0.133 e. The second-order valence-corrected chi connectivity index (χ2v) is 4.94. The predicted octanol–water partition coefficient (Wildman–Crippen LogP) is 2.97. The SMILES string of the molecule is CNc1ncc(C(C)(C)C)c2cnccc12. The average Bonchev–Trinajstić information content (AvgIpc) is 2.26. The van der Waals surface area contributed by atoms with Crippen molar-refractivity contribution >= 4 is 16.6 Å². The van der Waals surface area contributed by atoms with Crippen LogP contribution in [0.25, 0.3) is 10.8 Å². The summed E-state index contributed by atoms with van der Waals surface area (Å²) in [6.45, 7) is 6.57. The van der Waals surface area contributed by atoms with E-state index in [1.54, 1.807) is 6.20 Å². The van der Waals surface area contributed by atoms with E-state index in [0.717, 1.165) is 11.2 Å². The van der Waals surface area contributed by atoms with E-state index in [0.29, 0.717) is 0 Å². The van der Waals surface area contributed by atoms with Crippen molar-refractivity contribution in [3.63, 3.8) is 0 Å². The van der Waals surface area contributed by atoms with Crippen LogP contribution in [0.15, 0.2) is 24.7 Å². The minimum atomic E-state index is 0.0839. The smallest absolute Gasteiger partial charge is 0.133 e. The number of aromatic nitrogens is 2. The fourth-order valence-electron chi connectivity index (χ4n) is 1.88. The third kappa shape index (κ3) is 1.73. The molecule has 2 rings (SSSR count). The Kier molecular flexibility index (Phi) is 2.54. The molecule has 0 saturated carbocycles. The van der Waals surface area contributed by atoms with Crippen molar-refractivity contribution in [2.45, 2.75) is 26.2 Å². The fourth-order valence-corrected chi connectivity index (χ4v) is 1.88. The summed E-state index contributed by atoms with van der Waals surface area (Å²) in [4.78, 5) is 8.66. The van der Waals surface area contributed by atoms with Crippen LogP contribution in [0.4, 0.5) is 5.82 Å². The second kappa shape index (κ2) is 3.74. The summed E-state index contributed by atoms with van der Waals surface area (Å²) >= 11 is 0. The minimum Gasteiger partial charge on any atom is -0.373 e. The molecule has 0 spiro atoms. The van der Waals surface area contributed by atoms with E-state index in [1.165, 1.54) is 10.9 Å². The second-order valence-electron chi connectivity index (χ2n) is 4.94. The lowest BCUT2D eigenvalue weighted by Crippen LogP contribution is -2.13. The Labute approximate surface area is 95.9 Å². The van der Waals surface area contributed by atoms with Gasteiger partial charge in [-0.1, -0.05) is 20.8 Å². The van der Waals surface area contributed by atoms with Crippen molar-refractivity contribution < 1.29 is 0 Å². The van der Waals surface area contributed by atoms with Gasteiger partial charge in [-0.3, -0.25) is 4.98 Å². The maximum atomic E-state index is 4.45. The molecule has 0 aliphatic heterocycles. The lowest BCUT2D eigenvalue weighted by Gasteiger charge is -2.21. The van der Waals surface area contributed by atoms with Crippen molar-refractivity contribution in [2.24, 2.45) is 0 Å². The van der Waals surface area contributed by atoms with Crippen LogP contribution in [0.3, 0.4) is 0 Å². The third-order valence-electron chi connectivity index (χ3n) is 2.73. The van der Waals surface area contributed by atoms with Crippen LogP contribution in [0, 0.1) is 0 Å². The maximum absolute atomic E-state index is 4.45. The molecule has 0 radical (unpaired) electrons. The Morgan fingerprint density at radius 2 is 1.88 bits per heavy atom. The highest BCUT2D eigenvalue weighted by atomic mass is 15.0. The van der Waals surface area contributed by atoms with Crippen molar-refractivity contribution in [2.75, 3.05) is 12.4 Å². The van der Waals surface area contributed by atoms with Gasteiger partial charge in [0.2, 0.25) is 0 Å². The zero-order valence-corrected chi connectivity index (χ0v) is 10.2. The van der Waals surface area contributed by atoms with Gasteiger partial charge in [0.05, 0.1) is 0 Å². The molecule has 84 valence electrons. The molecule has 0 fully saturated rings. The molecule has 2 aromatic rings. The molecule has 3 heteroatoms. The first-order valence-corrected chi connectivity index (χ1v) is 5.45. The van der Waals surface area contributed by atoms with E-state index >= 15 is 0 Å². The van der Waals surface area contributed by atoms with E-state index in [-0.39, 0.29) is 5.41 Å². The molecule has 0 saturated heterocycles. The third-order valence-corrected chi connectivity index (χ3v) is 2.73. The number of pyridine rings is 2. The Morgan fingerprint density at radius 1 is 1.12 bits per heavy atom. The molecular weight excluding hydrogens is 198 g/mol. The van der Waals surface area contributed by atoms with Crippen LogP contribution < -0.4 is 5.32 Å². The van der Waals surface area contributed by atoms with Gasteiger partial charge in [0.15, 0.2) is 0 Å². The zero-order valence-electron chi connectivity index (χ0n) is 10.2. The highest BCUT2D eigenvalue weighted by Gasteiger charge is 2.18. The highest BCUT2D eigenvalue weighted by molar-refractivity contribution is 5.93. The molecule has 2 aromatic heterocycles. The van der Waals surface area contributed by atoms with E-state index in [4.69, 9.17) is 0 Å². The first kappa shape index (κ1) is 10.9. The Hall–Kier alpha value is -1.64. The monoisotopic (exact) mass is 215 g/mol. The first-order chi connectivity index (χ1) is 7.54. The van der Waals surface area contributed by atoms with Crippen molar-refractivity contribution in [3.05, 3.63) is 30.2 Å². The molecule has 0 atom stereocenters. The molecule has 1 N–H and O–H groups in total. The van der Waals surface area contributed by atoms with Gasteiger partial charge in [0, 0.05) is 36.4 Å². The average molecular weight is 215 g/mol. The van der Waals surface area contributed by atoms with Crippen LogP contribution in [-0.2, 0) is 5.41 Å². The number of hydrogen-bond donors (Lipinski definition) is 1. The number of anilines is 1. The molecule has 0 aliphatic rings. The molecule has 16 heavy (non-hydrogen) atoms. The van der Waals surface area contributed by atoms with Gasteiger partial charge >= 0.3 is 0 Å². The number of fused-ring (bicyclic) bond motifs is 1. The highest BCUT2D eigenvalue weighted by Crippen LogP contribution is 2.31. The number of nitrogens with one attached hydrogen (secondary N) is 1. The van der Waals surface area contributed by atoms with Gasteiger partial charge in [-0.2, -0.15) is 0 Å². The summed E-state index contributed by atoms with van der Waals surface area (Å²) < 4.78 is 0. The van der Waals surface area contributed by atoms with E-state index in [2.05, 4.69) is 36.1 Å². The predicted molar refractivity (Wildman–Crippen MR) is 67.8 cm³/mol. The first-order valence-electron chi connectivity index (χ1n) is 5.45. The van der Waals surface area contributed by atoms with Crippen LogP contribution in [0.2, 0.25) is 0 Å². The van der Waals surface area contributed by atoms with Gasteiger partial charge in [-0.25, -0.2) is 4.98 Å². The number of hydrogen-bond acceptors (Lipinski definition) is 3. The van der Waals surface area contributed by atoms with Crippen molar-refractivity contribution in [1.82, 2.24) is 9.97 Å². The largest absolute Gasteiger partial charge is 0.373 e. The summed E-state index contributed by atoms with van der Waals surface area (Å²) in [7, 11) is 1.89. The Bertz CT molecular complexity index is 512.